The van der Waals surface area contributed by atoms with E-state index < -0.39 is 11.7 Å². The van der Waals surface area contributed by atoms with Gasteiger partial charge in [-0.25, -0.2) is 0 Å². The predicted octanol–water partition coefficient (Wildman–Crippen LogP) is 4.88. The number of aromatic nitrogens is 1. The first-order chi connectivity index (χ1) is 17.7. The van der Waals surface area contributed by atoms with Crippen LogP contribution in [0.15, 0.2) is 65.8 Å². The molecule has 0 spiro atoms. The number of amides is 1. The lowest BCUT2D eigenvalue weighted by atomic mass is 10.1. The Morgan fingerprint density at radius 2 is 1.89 bits per heavy atom. The van der Waals surface area contributed by atoms with Crippen LogP contribution in [0.1, 0.15) is 28.8 Å². The number of aliphatic imine (C=N–C) groups is 1. The van der Waals surface area contributed by atoms with E-state index in [1.165, 1.54) is 0 Å². The van der Waals surface area contributed by atoms with Crippen molar-refractivity contribution in [1.82, 2.24) is 15.2 Å². The summed E-state index contributed by atoms with van der Waals surface area (Å²) in [4.78, 5) is 23.0. The zero-order valence-electron chi connectivity index (χ0n) is 20.6. The van der Waals surface area contributed by atoms with Gasteiger partial charge in [0.2, 0.25) is 5.91 Å². The lowest BCUT2D eigenvalue weighted by Crippen LogP contribution is -2.20. The Morgan fingerprint density at radius 3 is 2.62 bits per heavy atom. The predicted molar refractivity (Wildman–Crippen MR) is 136 cm³/mol. The van der Waals surface area contributed by atoms with Crippen LogP contribution in [0.5, 0.6) is 11.5 Å². The maximum Gasteiger partial charge on any atom is 0.416 e. The third-order valence-corrected chi connectivity index (χ3v) is 5.53. The van der Waals surface area contributed by atoms with Crippen molar-refractivity contribution < 1.29 is 22.7 Å². The van der Waals surface area contributed by atoms with E-state index in [4.69, 9.17) is 4.74 Å². The average Bonchev–Trinajstić information content (AvgIpc) is 3.37. The molecule has 1 aliphatic rings. The second kappa shape index (κ2) is 11.4. The molecule has 2 aromatic carbocycles. The molecule has 0 saturated carbocycles. The molecule has 0 atom stereocenters. The molecule has 0 fully saturated rings. The summed E-state index contributed by atoms with van der Waals surface area (Å²) >= 11 is 0. The van der Waals surface area contributed by atoms with Crippen molar-refractivity contribution in [3.63, 3.8) is 0 Å². The van der Waals surface area contributed by atoms with Crippen molar-refractivity contribution in [2.75, 3.05) is 32.5 Å². The summed E-state index contributed by atoms with van der Waals surface area (Å²) in [5, 5.41) is 5.79. The quantitative estimate of drug-likeness (QED) is 0.428. The molecule has 0 bridgehead atoms. The highest BCUT2D eigenvalue weighted by atomic mass is 19.4. The number of nitrogens with one attached hydrogen (secondary N) is 2. The van der Waals surface area contributed by atoms with Crippen molar-refractivity contribution in [3.05, 3.63) is 83.2 Å². The van der Waals surface area contributed by atoms with Crippen molar-refractivity contribution in [3.8, 4) is 11.5 Å². The van der Waals surface area contributed by atoms with Gasteiger partial charge in [0.1, 0.15) is 23.0 Å². The zero-order chi connectivity index (χ0) is 26.4. The second-order valence-corrected chi connectivity index (χ2v) is 8.99. The van der Waals surface area contributed by atoms with Gasteiger partial charge in [-0.1, -0.05) is 12.1 Å². The first-order valence-electron chi connectivity index (χ1n) is 11.8. The average molecular weight is 512 g/mol. The first kappa shape index (κ1) is 26.2. The van der Waals surface area contributed by atoms with E-state index >= 15 is 0 Å². The number of nitrogens with zero attached hydrogens (tertiary/aromatic N) is 3. The Kier molecular flexibility index (Phi) is 8.08. The number of pyridine rings is 1. The maximum absolute atomic E-state index is 13.3. The van der Waals surface area contributed by atoms with E-state index in [1.807, 2.05) is 24.3 Å². The summed E-state index contributed by atoms with van der Waals surface area (Å²) in [6, 6.07) is 14.5. The molecule has 4 rings (SSSR count). The molecule has 2 N–H and O–H groups in total. The Bertz CT molecular complexity index is 1290. The molecule has 3 aromatic rings. The maximum atomic E-state index is 13.3. The van der Waals surface area contributed by atoms with E-state index in [0.29, 0.717) is 42.3 Å². The number of carbonyl (C=O) groups is 1. The molecule has 0 aliphatic carbocycles. The Balaban J connectivity index is 1.38. The number of hydrogen-bond acceptors (Lipinski definition) is 6. The van der Waals surface area contributed by atoms with Gasteiger partial charge in [0.05, 0.1) is 12.1 Å². The van der Waals surface area contributed by atoms with Crippen LogP contribution in [0.25, 0.3) is 0 Å². The Hall–Kier alpha value is -3.92. The third-order valence-electron chi connectivity index (χ3n) is 5.53. The highest BCUT2D eigenvalue weighted by Crippen LogP contribution is 2.32. The fourth-order valence-electron chi connectivity index (χ4n) is 3.94. The Labute approximate surface area is 213 Å². The van der Waals surface area contributed by atoms with Gasteiger partial charge in [-0.3, -0.25) is 14.8 Å². The van der Waals surface area contributed by atoms with E-state index in [1.54, 1.807) is 43.4 Å². The molecule has 194 valence electrons. The van der Waals surface area contributed by atoms with Crippen LogP contribution in [0.3, 0.4) is 0 Å². The van der Waals surface area contributed by atoms with Crippen molar-refractivity contribution in [2.45, 2.75) is 25.6 Å². The van der Waals surface area contributed by atoms with Gasteiger partial charge in [-0.2, -0.15) is 13.2 Å². The van der Waals surface area contributed by atoms with Gasteiger partial charge in [-0.05, 0) is 68.0 Å². The molecule has 7 nitrogen and oxygen atoms in total. The lowest BCUT2D eigenvalue weighted by molar-refractivity contribution is -0.137. The van der Waals surface area contributed by atoms with Gasteiger partial charge in [0.15, 0.2) is 0 Å². The number of amidine groups is 1. The smallest absolute Gasteiger partial charge is 0.416 e. The molecule has 10 heteroatoms. The van der Waals surface area contributed by atoms with Gasteiger partial charge in [-0.15, -0.1) is 0 Å². The summed E-state index contributed by atoms with van der Waals surface area (Å²) in [6.07, 6.45) is -2.35. The second-order valence-electron chi connectivity index (χ2n) is 8.99. The number of rotatable bonds is 9. The SMILES string of the molecule is CN(C)Cc1cc(NC(=O)CCc2cccc(Oc3ccnc(C4=NCCN4)c3)c2)cc(C(F)(F)F)c1. The molecular weight excluding hydrogens is 483 g/mol. The number of aryl methyl sites for hydroxylation is 1. The topological polar surface area (TPSA) is 78.9 Å². The lowest BCUT2D eigenvalue weighted by Gasteiger charge is -2.15. The van der Waals surface area contributed by atoms with E-state index in [2.05, 4.69) is 20.6 Å². The molecule has 1 amide bonds. The Morgan fingerprint density at radius 1 is 1.08 bits per heavy atom. The molecule has 1 aliphatic heterocycles. The summed E-state index contributed by atoms with van der Waals surface area (Å²) < 4.78 is 46.0. The van der Waals surface area contributed by atoms with E-state index in [9.17, 15) is 18.0 Å². The van der Waals surface area contributed by atoms with Crippen LogP contribution in [0.2, 0.25) is 0 Å². The van der Waals surface area contributed by atoms with Crippen molar-refractivity contribution in [1.29, 1.82) is 0 Å². The van der Waals surface area contributed by atoms with E-state index in [-0.39, 0.29) is 18.0 Å². The number of ether oxygens (including phenoxy) is 1. The van der Waals surface area contributed by atoms with Crippen LogP contribution in [-0.2, 0) is 23.9 Å². The van der Waals surface area contributed by atoms with Gasteiger partial charge >= 0.3 is 6.18 Å². The standard InChI is InChI=1S/C27H28F3N5O2/c1-35(2)17-19-12-20(27(28,29)30)15-21(13-19)34-25(36)7-6-18-4-3-5-22(14-18)37-23-8-9-31-24(16-23)26-32-10-11-33-26/h3-5,8-9,12-16H,6-7,10-11,17H2,1-2H3,(H,32,33)(H,34,36). The van der Waals surface area contributed by atoms with Crippen LogP contribution in [-0.4, -0.2) is 48.8 Å². The van der Waals surface area contributed by atoms with Crippen LogP contribution in [0.4, 0.5) is 18.9 Å². The van der Waals surface area contributed by atoms with Crippen molar-refractivity contribution in [2.24, 2.45) is 4.99 Å². The minimum Gasteiger partial charge on any atom is -0.457 e. The van der Waals surface area contributed by atoms with E-state index in [0.717, 1.165) is 30.1 Å². The normalized spacial score (nSPS) is 13.3. The molecule has 37 heavy (non-hydrogen) atoms. The summed E-state index contributed by atoms with van der Waals surface area (Å²) in [5.74, 6) is 1.57. The number of benzene rings is 2. The molecule has 0 unspecified atom stereocenters. The number of anilines is 1. The molecular formula is C27H28F3N5O2. The number of carbonyl (C=O) groups excluding carboxylic acids is 1. The number of hydrogen-bond donors (Lipinski definition) is 2. The minimum absolute atomic E-state index is 0.105. The molecule has 0 saturated heterocycles. The highest BCUT2D eigenvalue weighted by molar-refractivity contribution is 5.98. The largest absolute Gasteiger partial charge is 0.457 e. The van der Waals surface area contributed by atoms with Gasteiger partial charge < -0.3 is 20.3 Å². The minimum atomic E-state index is -4.50. The summed E-state index contributed by atoms with van der Waals surface area (Å²) in [6.45, 7) is 1.81. The molecule has 0 radical (unpaired) electrons. The monoisotopic (exact) mass is 511 g/mol. The zero-order valence-corrected chi connectivity index (χ0v) is 20.6. The van der Waals surface area contributed by atoms with Gasteiger partial charge in [0, 0.05) is 37.5 Å². The summed E-state index contributed by atoms with van der Waals surface area (Å²) in [5.41, 5.74) is 1.37. The van der Waals surface area contributed by atoms with Crippen LogP contribution < -0.4 is 15.4 Å². The van der Waals surface area contributed by atoms with Gasteiger partial charge in [0.25, 0.3) is 0 Å². The fraction of sp³-hybridized carbons (Fsp3) is 0.296. The number of alkyl halides is 3. The van der Waals surface area contributed by atoms with Crippen LogP contribution >= 0.6 is 0 Å². The highest BCUT2D eigenvalue weighted by Gasteiger charge is 2.31. The fourth-order valence-corrected chi connectivity index (χ4v) is 3.94. The summed E-state index contributed by atoms with van der Waals surface area (Å²) in [7, 11) is 3.54. The first-order valence-corrected chi connectivity index (χ1v) is 11.8. The van der Waals surface area contributed by atoms with Crippen molar-refractivity contribution >= 4 is 17.4 Å². The number of halogens is 3. The third kappa shape index (κ3) is 7.53. The molecule has 2 heterocycles. The van der Waals surface area contributed by atoms with Crippen LogP contribution in [0, 0.1) is 0 Å². The molecule has 1 aromatic heterocycles.